The van der Waals surface area contributed by atoms with Crippen LogP contribution in [0, 0.1) is 0 Å². The molecule has 0 saturated carbocycles. The normalized spacial score (nSPS) is 10.0. The van der Waals surface area contributed by atoms with Crippen molar-refractivity contribution in [1.29, 1.82) is 0 Å². The van der Waals surface area contributed by atoms with Crippen LogP contribution in [0.2, 0.25) is 10.0 Å². The lowest BCUT2D eigenvalue weighted by Crippen LogP contribution is -2.43. The van der Waals surface area contributed by atoms with Gasteiger partial charge in [0.05, 0.1) is 17.0 Å². The van der Waals surface area contributed by atoms with Crippen LogP contribution in [0.4, 0.5) is 0 Å². The molecule has 0 aliphatic rings. The van der Waals surface area contributed by atoms with Crippen molar-refractivity contribution in [1.82, 2.24) is 10.9 Å². The third-order valence-corrected chi connectivity index (χ3v) is 3.79. The van der Waals surface area contributed by atoms with Crippen molar-refractivity contribution in [2.45, 2.75) is 6.42 Å². The van der Waals surface area contributed by atoms with Gasteiger partial charge in [0.1, 0.15) is 0 Å². The van der Waals surface area contributed by atoms with E-state index in [1.54, 1.807) is 42.5 Å². The van der Waals surface area contributed by atoms with E-state index >= 15 is 0 Å². The zero-order chi connectivity index (χ0) is 18.2. The number of carbonyl (C=O) groups excluding carboxylic acids is 3. The average molecular weight is 381 g/mol. The molecule has 0 aromatic heterocycles. The molecule has 2 amide bonds. The van der Waals surface area contributed by atoms with Gasteiger partial charge in [-0.25, -0.2) is 0 Å². The van der Waals surface area contributed by atoms with Crippen LogP contribution in [-0.2, 0) is 20.7 Å². The number of carbonyl (C=O) groups is 3. The predicted octanol–water partition coefficient (Wildman–Crippen LogP) is 2.54. The van der Waals surface area contributed by atoms with Gasteiger partial charge < -0.3 is 4.74 Å². The Morgan fingerprint density at radius 3 is 2.20 bits per heavy atom. The fourth-order valence-corrected chi connectivity index (χ4v) is 2.29. The minimum Gasteiger partial charge on any atom is -0.455 e. The molecule has 2 N–H and O–H groups in total. The maximum atomic E-state index is 11.9. The van der Waals surface area contributed by atoms with Gasteiger partial charge in [-0.2, -0.15) is 0 Å². The van der Waals surface area contributed by atoms with Gasteiger partial charge in [0.25, 0.3) is 11.8 Å². The molecule has 0 bridgehead atoms. The van der Waals surface area contributed by atoms with Crippen molar-refractivity contribution in [3.63, 3.8) is 0 Å². The summed E-state index contributed by atoms with van der Waals surface area (Å²) in [5.41, 5.74) is 5.13. The number of ether oxygens (including phenoxy) is 1. The number of hydrogen-bond donors (Lipinski definition) is 2. The Morgan fingerprint density at radius 1 is 0.880 bits per heavy atom. The van der Waals surface area contributed by atoms with Crippen LogP contribution < -0.4 is 10.9 Å². The van der Waals surface area contributed by atoms with E-state index in [2.05, 4.69) is 10.9 Å². The summed E-state index contributed by atoms with van der Waals surface area (Å²) in [6, 6.07) is 13.2. The Bertz CT molecular complexity index is 796. The van der Waals surface area contributed by atoms with Crippen LogP contribution in [0.15, 0.2) is 48.5 Å². The maximum Gasteiger partial charge on any atom is 0.310 e. The standard InChI is InChI=1S/C17H14Cl2N2O4/c18-13-7-3-1-5-11(13)9-16(23)25-10-15(22)20-21-17(24)12-6-2-4-8-14(12)19/h1-8H,9-10H2,(H,20,22)(H,21,24). The zero-order valence-electron chi connectivity index (χ0n) is 12.9. The number of amides is 2. The smallest absolute Gasteiger partial charge is 0.310 e. The van der Waals surface area contributed by atoms with Crippen molar-refractivity contribution in [2.24, 2.45) is 0 Å². The highest BCUT2D eigenvalue weighted by Crippen LogP contribution is 2.16. The van der Waals surface area contributed by atoms with Gasteiger partial charge in [-0.1, -0.05) is 53.5 Å². The number of benzene rings is 2. The van der Waals surface area contributed by atoms with E-state index in [-0.39, 0.29) is 17.0 Å². The molecular weight excluding hydrogens is 367 g/mol. The van der Waals surface area contributed by atoms with E-state index in [4.69, 9.17) is 27.9 Å². The maximum absolute atomic E-state index is 11.9. The molecule has 0 aliphatic heterocycles. The summed E-state index contributed by atoms with van der Waals surface area (Å²) in [6.07, 6.45) is -0.0566. The van der Waals surface area contributed by atoms with Gasteiger partial charge in [0.2, 0.25) is 0 Å². The number of esters is 1. The summed E-state index contributed by atoms with van der Waals surface area (Å²) in [6.45, 7) is -0.536. The van der Waals surface area contributed by atoms with Gasteiger partial charge in [0, 0.05) is 5.02 Å². The summed E-state index contributed by atoms with van der Waals surface area (Å²) >= 11 is 11.8. The first kappa shape index (κ1) is 18.8. The molecule has 6 nitrogen and oxygen atoms in total. The minimum atomic E-state index is -0.687. The van der Waals surface area contributed by atoms with E-state index in [0.717, 1.165) is 0 Å². The Morgan fingerprint density at radius 2 is 1.52 bits per heavy atom. The third kappa shape index (κ3) is 5.77. The molecule has 0 radical (unpaired) electrons. The second-order valence-electron chi connectivity index (χ2n) is 4.91. The number of hydrogen-bond acceptors (Lipinski definition) is 4. The second kappa shape index (κ2) is 9.05. The predicted molar refractivity (Wildman–Crippen MR) is 93.2 cm³/mol. The number of hydrazine groups is 1. The van der Waals surface area contributed by atoms with Gasteiger partial charge in [-0.3, -0.25) is 25.2 Å². The van der Waals surface area contributed by atoms with Gasteiger partial charge >= 0.3 is 5.97 Å². The molecule has 0 spiro atoms. The lowest BCUT2D eigenvalue weighted by atomic mass is 10.1. The Labute approximate surface area is 154 Å². The molecule has 0 saturated heterocycles. The summed E-state index contributed by atoms with van der Waals surface area (Å²) in [7, 11) is 0. The highest BCUT2D eigenvalue weighted by molar-refractivity contribution is 6.33. The lowest BCUT2D eigenvalue weighted by molar-refractivity contribution is -0.148. The Balaban J connectivity index is 1.75. The largest absolute Gasteiger partial charge is 0.455 e. The van der Waals surface area contributed by atoms with E-state index < -0.39 is 24.4 Å². The Hall–Kier alpha value is -2.57. The first-order valence-corrected chi connectivity index (χ1v) is 7.95. The molecule has 0 atom stereocenters. The molecule has 2 aromatic rings. The van der Waals surface area contributed by atoms with Crippen LogP contribution in [0.1, 0.15) is 15.9 Å². The highest BCUT2D eigenvalue weighted by Gasteiger charge is 2.13. The molecular formula is C17H14Cl2N2O4. The third-order valence-electron chi connectivity index (χ3n) is 3.09. The molecule has 0 fully saturated rings. The molecule has 25 heavy (non-hydrogen) atoms. The molecule has 0 heterocycles. The number of nitrogens with one attached hydrogen (secondary N) is 2. The SMILES string of the molecule is O=C(COC(=O)Cc1ccccc1Cl)NNC(=O)c1ccccc1Cl. The highest BCUT2D eigenvalue weighted by atomic mass is 35.5. The monoisotopic (exact) mass is 380 g/mol. The van der Waals surface area contributed by atoms with Crippen LogP contribution in [0.3, 0.4) is 0 Å². The minimum absolute atomic E-state index is 0.0566. The summed E-state index contributed by atoms with van der Waals surface area (Å²) in [5, 5.41) is 0.691. The van der Waals surface area contributed by atoms with Gasteiger partial charge in [0.15, 0.2) is 6.61 Å². The fraction of sp³-hybridized carbons (Fsp3) is 0.118. The molecule has 0 unspecified atom stereocenters. The summed E-state index contributed by atoms with van der Waals surface area (Å²) in [5.74, 6) is -1.88. The zero-order valence-corrected chi connectivity index (χ0v) is 14.4. The van der Waals surface area contributed by atoms with Crippen molar-refractivity contribution in [3.05, 3.63) is 69.7 Å². The summed E-state index contributed by atoms with van der Waals surface area (Å²) < 4.78 is 4.84. The Kier molecular flexibility index (Phi) is 6.80. The molecule has 2 rings (SSSR count). The van der Waals surface area contributed by atoms with Crippen LogP contribution in [0.5, 0.6) is 0 Å². The van der Waals surface area contributed by atoms with Crippen LogP contribution >= 0.6 is 23.2 Å². The quantitative estimate of drug-likeness (QED) is 0.616. The van der Waals surface area contributed by atoms with E-state index in [9.17, 15) is 14.4 Å². The van der Waals surface area contributed by atoms with Crippen LogP contribution in [-0.4, -0.2) is 24.4 Å². The second-order valence-corrected chi connectivity index (χ2v) is 5.73. The molecule has 0 aliphatic carbocycles. The van der Waals surface area contributed by atoms with Gasteiger partial charge in [-0.15, -0.1) is 0 Å². The van der Waals surface area contributed by atoms with E-state index in [1.165, 1.54) is 6.07 Å². The average Bonchev–Trinajstić information content (AvgIpc) is 2.60. The van der Waals surface area contributed by atoms with Crippen LogP contribution in [0.25, 0.3) is 0 Å². The van der Waals surface area contributed by atoms with Crippen molar-refractivity contribution >= 4 is 41.0 Å². The summed E-state index contributed by atoms with van der Waals surface area (Å²) in [4.78, 5) is 35.2. The van der Waals surface area contributed by atoms with Crippen molar-refractivity contribution < 1.29 is 19.1 Å². The molecule has 2 aromatic carbocycles. The molecule has 130 valence electrons. The first-order chi connectivity index (χ1) is 12.0. The van der Waals surface area contributed by atoms with Gasteiger partial charge in [-0.05, 0) is 23.8 Å². The number of halogens is 2. The van der Waals surface area contributed by atoms with Crippen molar-refractivity contribution in [2.75, 3.05) is 6.61 Å². The van der Waals surface area contributed by atoms with Crippen molar-refractivity contribution in [3.8, 4) is 0 Å². The number of rotatable bonds is 5. The first-order valence-electron chi connectivity index (χ1n) is 7.20. The van der Waals surface area contributed by atoms with E-state index in [1.807, 2.05) is 0 Å². The topological polar surface area (TPSA) is 84.5 Å². The fourth-order valence-electron chi connectivity index (χ4n) is 1.87. The van der Waals surface area contributed by atoms with E-state index in [0.29, 0.717) is 10.6 Å². The lowest BCUT2D eigenvalue weighted by Gasteiger charge is -2.09. The molecule has 8 heteroatoms.